The van der Waals surface area contributed by atoms with Crippen LogP contribution >= 0.6 is 11.6 Å². The third-order valence-corrected chi connectivity index (χ3v) is 2.92. The molecule has 1 amide bonds. The predicted molar refractivity (Wildman–Crippen MR) is 75.2 cm³/mol. The maximum atomic E-state index is 13.3. The number of hydrogen-bond acceptors (Lipinski definition) is 2. The van der Waals surface area contributed by atoms with Gasteiger partial charge in [-0.3, -0.25) is 4.79 Å². The molecule has 0 aliphatic rings. The summed E-state index contributed by atoms with van der Waals surface area (Å²) in [5.41, 5.74) is 0.0786. The van der Waals surface area contributed by atoms with Crippen LogP contribution in [0, 0.1) is 11.6 Å². The third-order valence-electron chi connectivity index (χ3n) is 2.67. The molecule has 0 bridgehead atoms. The summed E-state index contributed by atoms with van der Waals surface area (Å²) < 4.78 is 31.5. The van der Waals surface area contributed by atoms with Crippen LogP contribution in [0.25, 0.3) is 0 Å². The van der Waals surface area contributed by atoms with Gasteiger partial charge in [0.05, 0.1) is 0 Å². The first-order valence-corrected chi connectivity index (χ1v) is 6.51. The van der Waals surface area contributed by atoms with Crippen molar-refractivity contribution in [2.75, 3.05) is 6.61 Å². The van der Waals surface area contributed by atoms with Crippen LogP contribution in [0.1, 0.15) is 5.56 Å². The Kier molecular flexibility index (Phi) is 5.11. The summed E-state index contributed by atoms with van der Waals surface area (Å²) in [4.78, 5) is 11.6. The molecule has 0 saturated carbocycles. The van der Waals surface area contributed by atoms with Gasteiger partial charge in [0.2, 0.25) is 0 Å². The van der Waals surface area contributed by atoms with Crippen LogP contribution in [-0.4, -0.2) is 12.5 Å². The Bertz CT molecular complexity index is 632. The fourth-order valence-electron chi connectivity index (χ4n) is 1.60. The molecule has 0 unspecified atom stereocenters. The third kappa shape index (κ3) is 4.72. The van der Waals surface area contributed by atoms with Crippen molar-refractivity contribution in [2.24, 2.45) is 0 Å². The normalized spacial score (nSPS) is 10.2. The molecule has 2 aromatic rings. The summed E-state index contributed by atoms with van der Waals surface area (Å²) in [6.07, 6.45) is 0. The molecule has 2 rings (SSSR count). The van der Waals surface area contributed by atoms with Crippen molar-refractivity contribution in [2.45, 2.75) is 6.54 Å². The van der Waals surface area contributed by atoms with E-state index in [2.05, 4.69) is 5.32 Å². The smallest absolute Gasteiger partial charge is 0.258 e. The van der Waals surface area contributed by atoms with E-state index in [1.807, 2.05) is 0 Å². The SMILES string of the molecule is O=C(COc1ccc(Cl)cc1)NCc1cc(F)ccc1F. The minimum Gasteiger partial charge on any atom is -0.484 e. The quantitative estimate of drug-likeness (QED) is 0.920. The largest absolute Gasteiger partial charge is 0.484 e. The molecular weight excluding hydrogens is 300 g/mol. The van der Waals surface area contributed by atoms with E-state index in [1.165, 1.54) is 0 Å². The molecule has 21 heavy (non-hydrogen) atoms. The average molecular weight is 312 g/mol. The molecular formula is C15H12ClF2NO2. The Balaban J connectivity index is 1.82. The van der Waals surface area contributed by atoms with Crippen molar-refractivity contribution in [3.8, 4) is 5.75 Å². The van der Waals surface area contributed by atoms with Crippen LogP contribution in [0.4, 0.5) is 8.78 Å². The van der Waals surface area contributed by atoms with E-state index in [1.54, 1.807) is 24.3 Å². The van der Waals surface area contributed by atoms with E-state index in [-0.39, 0.29) is 18.7 Å². The number of nitrogens with one attached hydrogen (secondary N) is 1. The number of rotatable bonds is 5. The zero-order chi connectivity index (χ0) is 15.2. The summed E-state index contributed by atoms with van der Waals surface area (Å²) in [5.74, 6) is -1.08. The van der Waals surface area contributed by atoms with Gasteiger partial charge in [-0.15, -0.1) is 0 Å². The first kappa shape index (κ1) is 15.3. The van der Waals surface area contributed by atoms with Crippen LogP contribution in [0.2, 0.25) is 5.02 Å². The van der Waals surface area contributed by atoms with Gasteiger partial charge in [-0.2, -0.15) is 0 Å². The number of carbonyl (C=O) groups excluding carboxylic acids is 1. The van der Waals surface area contributed by atoms with Crippen molar-refractivity contribution in [3.05, 3.63) is 64.7 Å². The molecule has 0 radical (unpaired) electrons. The Morgan fingerprint density at radius 2 is 1.86 bits per heavy atom. The van der Waals surface area contributed by atoms with Gasteiger partial charge in [0.25, 0.3) is 5.91 Å². The molecule has 2 aromatic carbocycles. The maximum Gasteiger partial charge on any atom is 0.258 e. The van der Waals surface area contributed by atoms with Crippen LogP contribution in [0.3, 0.4) is 0 Å². The van der Waals surface area contributed by atoms with E-state index in [9.17, 15) is 13.6 Å². The van der Waals surface area contributed by atoms with E-state index >= 15 is 0 Å². The lowest BCUT2D eigenvalue weighted by atomic mass is 10.2. The molecule has 0 fully saturated rings. The lowest BCUT2D eigenvalue weighted by molar-refractivity contribution is -0.123. The molecule has 0 saturated heterocycles. The van der Waals surface area contributed by atoms with E-state index in [4.69, 9.17) is 16.3 Å². The van der Waals surface area contributed by atoms with E-state index in [0.29, 0.717) is 10.8 Å². The first-order chi connectivity index (χ1) is 10.0. The minimum absolute atomic E-state index is 0.0786. The second kappa shape index (κ2) is 7.04. The van der Waals surface area contributed by atoms with Gasteiger partial charge in [0, 0.05) is 17.1 Å². The molecule has 6 heteroatoms. The summed E-state index contributed by atoms with van der Waals surface area (Å²) in [6, 6.07) is 9.60. The van der Waals surface area contributed by atoms with Gasteiger partial charge in [-0.1, -0.05) is 11.6 Å². The van der Waals surface area contributed by atoms with Crippen molar-refractivity contribution in [1.82, 2.24) is 5.32 Å². The second-order valence-electron chi connectivity index (χ2n) is 4.26. The number of benzene rings is 2. The maximum absolute atomic E-state index is 13.3. The summed E-state index contributed by atoms with van der Waals surface area (Å²) in [6.45, 7) is -0.328. The Labute approximate surface area is 125 Å². The average Bonchev–Trinajstić information content (AvgIpc) is 2.47. The fraction of sp³-hybridized carbons (Fsp3) is 0.133. The number of carbonyl (C=O) groups is 1. The molecule has 0 spiro atoms. The molecule has 0 aliphatic carbocycles. The van der Waals surface area contributed by atoms with Crippen LogP contribution in [0.15, 0.2) is 42.5 Å². The van der Waals surface area contributed by atoms with Crippen LogP contribution < -0.4 is 10.1 Å². The molecule has 0 aromatic heterocycles. The summed E-state index contributed by atoms with van der Waals surface area (Å²) in [7, 11) is 0. The molecule has 0 heterocycles. The summed E-state index contributed by atoms with van der Waals surface area (Å²) in [5, 5.41) is 3.02. The molecule has 0 atom stereocenters. The van der Waals surface area contributed by atoms with Crippen LogP contribution in [0.5, 0.6) is 5.75 Å². The zero-order valence-electron chi connectivity index (χ0n) is 10.9. The second-order valence-corrected chi connectivity index (χ2v) is 4.69. The van der Waals surface area contributed by atoms with Crippen LogP contribution in [-0.2, 0) is 11.3 Å². The highest BCUT2D eigenvalue weighted by Gasteiger charge is 2.07. The monoisotopic (exact) mass is 311 g/mol. The van der Waals surface area contributed by atoms with Crippen molar-refractivity contribution >= 4 is 17.5 Å². The Hall–Kier alpha value is -2.14. The number of halogens is 3. The molecule has 0 aliphatic heterocycles. The van der Waals surface area contributed by atoms with Crippen molar-refractivity contribution < 1.29 is 18.3 Å². The molecule has 110 valence electrons. The number of amides is 1. The Morgan fingerprint density at radius 1 is 1.14 bits per heavy atom. The molecule has 3 nitrogen and oxygen atoms in total. The van der Waals surface area contributed by atoms with Gasteiger partial charge < -0.3 is 10.1 Å². The Morgan fingerprint density at radius 3 is 2.57 bits per heavy atom. The lowest BCUT2D eigenvalue weighted by Crippen LogP contribution is -2.28. The fourth-order valence-corrected chi connectivity index (χ4v) is 1.73. The van der Waals surface area contributed by atoms with Gasteiger partial charge in [-0.25, -0.2) is 8.78 Å². The van der Waals surface area contributed by atoms with Crippen molar-refractivity contribution in [3.63, 3.8) is 0 Å². The summed E-state index contributed by atoms with van der Waals surface area (Å²) >= 11 is 5.72. The highest BCUT2D eigenvalue weighted by Crippen LogP contribution is 2.15. The van der Waals surface area contributed by atoms with Gasteiger partial charge in [-0.05, 0) is 42.5 Å². The van der Waals surface area contributed by atoms with E-state index < -0.39 is 17.5 Å². The van der Waals surface area contributed by atoms with Crippen molar-refractivity contribution in [1.29, 1.82) is 0 Å². The highest BCUT2D eigenvalue weighted by molar-refractivity contribution is 6.30. The minimum atomic E-state index is -0.574. The predicted octanol–water partition coefficient (Wildman–Crippen LogP) is 3.31. The first-order valence-electron chi connectivity index (χ1n) is 6.13. The van der Waals surface area contributed by atoms with Gasteiger partial charge >= 0.3 is 0 Å². The number of ether oxygens (including phenoxy) is 1. The van der Waals surface area contributed by atoms with Gasteiger partial charge in [0.1, 0.15) is 17.4 Å². The molecule has 1 N–H and O–H groups in total. The topological polar surface area (TPSA) is 38.3 Å². The standard InChI is InChI=1S/C15H12ClF2NO2/c16-11-1-4-13(5-2-11)21-9-15(20)19-8-10-7-12(17)3-6-14(10)18/h1-7H,8-9H2,(H,19,20). The zero-order valence-corrected chi connectivity index (χ0v) is 11.7. The van der Waals surface area contributed by atoms with E-state index in [0.717, 1.165) is 18.2 Å². The van der Waals surface area contributed by atoms with Gasteiger partial charge in [0.15, 0.2) is 6.61 Å². The lowest BCUT2D eigenvalue weighted by Gasteiger charge is -2.08. The highest BCUT2D eigenvalue weighted by atomic mass is 35.5. The number of hydrogen-bond donors (Lipinski definition) is 1.